The van der Waals surface area contributed by atoms with Gasteiger partial charge in [0.25, 0.3) is 0 Å². The topological polar surface area (TPSA) is 66.9 Å². The minimum atomic E-state index is -1.17. The molecule has 2 unspecified atom stereocenters. The van der Waals surface area contributed by atoms with E-state index in [0.717, 1.165) is 11.1 Å². The molecule has 3 aromatic carbocycles. The van der Waals surface area contributed by atoms with Crippen LogP contribution < -0.4 is 4.90 Å². The van der Waals surface area contributed by atoms with Crippen LogP contribution in [0.3, 0.4) is 0 Å². The highest BCUT2D eigenvalue weighted by molar-refractivity contribution is 8.00. The summed E-state index contributed by atoms with van der Waals surface area (Å²) in [5, 5.41) is -0.259. The maximum absolute atomic E-state index is 13.9. The Balaban J connectivity index is 1.40. The summed E-state index contributed by atoms with van der Waals surface area (Å²) in [7, 11) is 0. The highest BCUT2D eigenvalue weighted by Gasteiger charge is 2.59. The van der Waals surface area contributed by atoms with Gasteiger partial charge >= 0.3 is 5.97 Å². The first-order chi connectivity index (χ1) is 18.4. The molecule has 0 spiro atoms. The number of β-lactam (4-membered cyclic amide) rings is 1. The third kappa shape index (κ3) is 4.68. The van der Waals surface area contributed by atoms with E-state index < -0.39 is 23.5 Å². The van der Waals surface area contributed by atoms with Crippen molar-refractivity contribution in [3.63, 3.8) is 0 Å². The van der Waals surface area contributed by atoms with Crippen LogP contribution in [-0.4, -0.2) is 46.4 Å². The number of para-hydroxylation sites is 1. The number of carbonyl (C=O) groups is 3. The number of ether oxygens (including phenoxy) is 1. The molecule has 0 radical (unpaired) electrons. The molecular formula is C31H28N2O4S. The minimum Gasteiger partial charge on any atom is -0.451 e. The van der Waals surface area contributed by atoms with Crippen LogP contribution in [0.5, 0.6) is 0 Å². The summed E-state index contributed by atoms with van der Waals surface area (Å²) in [6.45, 7) is 3.27. The smallest absolute Gasteiger partial charge is 0.327 e. The van der Waals surface area contributed by atoms with Gasteiger partial charge in [0.05, 0.1) is 6.54 Å². The lowest BCUT2D eigenvalue weighted by atomic mass is 9.87. The normalized spacial score (nSPS) is 22.0. The lowest BCUT2D eigenvalue weighted by Crippen LogP contribution is -2.74. The van der Waals surface area contributed by atoms with Crippen LogP contribution >= 0.6 is 11.8 Å². The summed E-state index contributed by atoms with van der Waals surface area (Å²) in [6.07, 6.45) is -0.603. The molecule has 0 aliphatic carbocycles. The Hall–Kier alpha value is -4.02. The Bertz CT molecular complexity index is 1350. The molecule has 192 valence electrons. The molecule has 2 fully saturated rings. The lowest BCUT2D eigenvalue weighted by molar-refractivity contribution is -0.161. The Kier molecular flexibility index (Phi) is 7.26. The van der Waals surface area contributed by atoms with Crippen LogP contribution in [-0.2, 0) is 19.1 Å². The van der Waals surface area contributed by atoms with Crippen LogP contribution in [0.25, 0.3) is 0 Å². The van der Waals surface area contributed by atoms with E-state index in [0.29, 0.717) is 11.4 Å². The third-order valence-corrected chi connectivity index (χ3v) is 8.40. The van der Waals surface area contributed by atoms with Crippen molar-refractivity contribution in [2.24, 2.45) is 5.41 Å². The fourth-order valence-electron chi connectivity index (χ4n) is 5.08. The minimum absolute atomic E-state index is 0.122. The van der Waals surface area contributed by atoms with Crippen molar-refractivity contribution < 1.29 is 19.1 Å². The molecule has 2 saturated heterocycles. The van der Waals surface area contributed by atoms with Crippen LogP contribution in [0, 0.1) is 17.3 Å². The van der Waals surface area contributed by atoms with Crippen molar-refractivity contribution in [2.45, 2.75) is 31.4 Å². The largest absolute Gasteiger partial charge is 0.451 e. The SMILES string of the molecule is CC#CC1(C(=O)OC(c2ccccc2)c2ccccc2)CS[C@@H]2C(N(C(C)=O)c3ccccc3)C(=O)N2C1. The molecule has 0 aromatic heterocycles. The second kappa shape index (κ2) is 10.8. The monoisotopic (exact) mass is 524 g/mol. The highest BCUT2D eigenvalue weighted by Crippen LogP contribution is 2.45. The number of fused-ring (bicyclic) bond motifs is 1. The molecule has 0 saturated carbocycles. The zero-order valence-corrected chi connectivity index (χ0v) is 22.1. The number of esters is 1. The predicted octanol–water partition coefficient (Wildman–Crippen LogP) is 4.67. The van der Waals surface area contributed by atoms with Crippen LogP contribution in [0.4, 0.5) is 5.69 Å². The molecular weight excluding hydrogens is 496 g/mol. The third-order valence-electron chi connectivity index (χ3n) is 6.89. The number of benzene rings is 3. The van der Waals surface area contributed by atoms with E-state index in [-0.39, 0.29) is 23.7 Å². The van der Waals surface area contributed by atoms with Crippen molar-refractivity contribution in [3.8, 4) is 11.8 Å². The summed E-state index contributed by atoms with van der Waals surface area (Å²) in [5.41, 5.74) is 1.21. The van der Waals surface area contributed by atoms with E-state index in [2.05, 4.69) is 11.8 Å². The standard InChI is InChI=1S/C31H28N2O4S/c1-3-19-31(30(36)37-27(23-13-7-4-8-14-23)24-15-9-5-10-16-24)20-32-28(35)26(29(32)38-21-31)33(22(2)34)25-17-11-6-12-18-25/h4-18,26-27,29H,20-21H2,1-2H3/t26?,29-,31?/m1/s1. The van der Waals surface area contributed by atoms with Gasteiger partial charge in [-0.25, -0.2) is 0 Å². The quantitative estimate of drug-likeness (QED) is 0.267. The van der Waals surface area contributed by atoms with Gasteiger partial charge < -0.3 is 9.64 Å². The van der Waals surface area contributed by atoms with Gasteiger partial charge in [-0.3, -0.25) is 19.3 Å². The van der Waals surface area contributed by atoms with Crippen molar-refractivity contribution in [1.82, 2.24) is 4.90 Å². The maximum Gasteiger partial charge on any atom is 0.327 e. The van der Waals surface area contributed by atoms with Gasteiger partial charge in [-0.1, -0.05) is 84.8 Å². The molecule has 2 aliphatic heterocycles. The fourth-order valence-corrected chi connectivity index (χ4v) is 6.59. The maximum atomic E-state index is 13.9. The zero-order valence-electron chi connectivity index (χ0n) is 21.2. The molecule has 6 nitrogen and oxygen atoms in total. The van der Waals surface area contributed by atoms with Gasteiger partial charge in [0.15, 0.2) is 11.5 Å². The average Bonchev–Trinajstić information content (AvgIpc) is 2.95. The Labute approximate surface area is 227 Å². The van der Waals surface area contributed by atoms with Gasteiger partial charge in [-0.2, -0.15) is 0 Å². The van der Waals surface area contributed by atoms with Gasteiger partial charge in [0.2, 0.25) is 11.8 Å². The predicted molar refractivity (Wildman–Crippen MR) is 148 cm³/mol. The van der Waals surface area contributed by atoms with Crippen molar-refractivity contribution >= 4 is 35.2 Å². The first-order valence-corrected chi connectivity index (χ1v) is 13.5. The first-order valence-electron chi connectivity index (χ1n) is 12.5. The lowest BCUT2D eigenvalue weighted by Gasteiger charge is -2.55. The highest BCUT2D eigenvalue weighted by atomic mass is 32.2. The fraction of sp³-hybridized carbons (Fsp3) is 0.258. The van der Waals surface area contributed by atoms with E-state index in [1.807, 2.05) is 91.0 Å². The molecule has 38 heavy (non-hydrogen) atoms. The number of rotatable bonds is 6. The van der Waals surface area contributed by atoms with Crippen LogP contribution in [0.2, 0.25) is 0 Å². The second-order valence-electron chi connectivity index (χ2n) is 9.40. The van der Waals surface area contributed by atoms with Crippen molar-refractivity contribution in [3.05, 3.63) is 102 Å². The number of thioether (sulfide) groups is 1. The van der Waals surface area contributed by atoms with E-state index >= 15 is 0 Å². The first kappa shape index (κ1) is 25.6. The van der Waals surface area contributed by atoms with E-state index in [1.54, 1.807) is 16.7 Å². The molecule has 2 heterocycles. The van der Waals surface area contributed by atoms with Gasteiger partial charge in [-0.15, -0.1) is 17.7 Å². The summed E-state index contributed by atoms with van der Waals surface area (Å²) in [6, 6.07) is 27.8. The number of hydrogen-bond acceptors (Lipinski definition) is 5. The van der Waals surface area contributed by atoms with Crippen molar-refractivity contribution in [2.75, 3.05) is 17.2 Å². The summed E-state index contributed by atoms with van der Waals surface area (Å²) in [5.74, 6) is 5.49. The molecule has 3 aromatic rings. The van der Waals surface area contributed by atoms with Crippen molar-refractivity contribution in [1.29, 1.82) is 0 Å². The van der Waals surface area contributed by atoms with Crippen LogP contribution in [0.15, 0.2) is 91.0 Å². The molecule has 7 heteroatoms. The molecule has 2 aliphatic rings. The Morgan fingerprint density at radius 1 is 0.974 bits per heavy atom. The van der Waals surface area contributed by atoms with Gasteiger partial charge in [-0.05, 0) is 30.2 Å². The Morgan fingerprint density at radius 2 is 1.53 bits per heavy atom. The molecule has 0 bridgehead atoms. The summed E-state index contributed by atoms with van der Waals surface area (Å²) >= 11 is 1.47. The molecule has 3 atom stereocenters. The summed E-state index contributed by atoms with van der Waals surface area (Å²) < 4.78 is 6.19. The van der Waals surface area contributed by atoms with Gasteiger partial charge in [0, 0.05) is 18.4 Å². The van der Waals surface area contributed by atoms with E-state index in [9.17, 15) is 14.4 Å². The number of nitrogens with zero attached hydrogens (tertiary/aromatic N) is 2. The average molecular weight is 525 g/mol. The van der Waals surface area contributed by atoms with E-state index in [1.165, 1.54) is 18.7 Å². The molecule has 5 rings (SSSR count). The Morgan fingerprint density at radius 3 is 2.05 bits per heavy atom. The van der Waals surface area contributed by atoms with Gasteiger partial charge in [0.1, 0.15) is 11.4 Å². The van der Waals surface area contributed by atoms with Crippen LogP contribution in [0.1, 0.15) is 31.1 Å². The zero-order chi connectivity index (χ0) is 26.7. The number of hydrogen-bond donors (Lipinski definition) is 0. The molecule has 2 amide bonds. The van der Waals surface area contributed by atoms with E-state index in [4.69, 9.17) is 4.74 Å². The second-order valence-corrected chi connectivity index (χ2v) is 10.5. The molecule has 0 N–H and O–H groups in total. The number of carbonyl (C=O) groups excluding carboxylic acids is 3. The summed E-state index contributed by atoms with van der Waals surface area (Å²) in [4.78, 5) is 43.1. The number of amides is 2. The number of anilines is 1.